The maximum atomic E-state index is 6.39. The molecule has 0 saturated heterocycles. The van der Waals surface area contributed by atoms with Gasteiger partial charge in [-0.25, -0.2) is 0 Å². The van der Waals surface area contributed by atoms with Crippen molar-refractivity contribution in [1.29, 1.82) is 0 Å². The molecule has 0 aliphatic rings. The Kier molecular flexibility index (Phi) is 7.39. The maximum Gasteiger partial charge on any atom is 0.137 e. The van der Waals surface area contributed by atoms with E-state index in [0.29, 0.717) is 0 Å². The van der Waals surface area contributed by atoms with Crippen LogP contribution in [0.5, 0.6) is 0 Å². The SMILES string of the molecule is c1cc(-c2ccc(-c3ccc(N(c4cccc5c4sc4ccccc45)c4cccc5oc6ccccc6c45)cc3)cc2)cc(-c2ccc3ccccc3c2)c1. The van der Waals surface area contributed by atoms with E-state index in [2.05, 4.69) is 199 Å². The number of fused-ring (bicyclic) bond motifs is 7. The van der Waals surface area contributed by atoms with Crippen molar-refractivity contribution in [3.05, 3.63) is 200 Å². The van der Waals surface area contributed by atoms with Crippen molar-refractivity contribution in [2.45, 2.75) is 0 Å². The van der Waals surface area contributed by atoms with Gasteiger partial charge in [0.1, 0.15) is 11.2 Å². The van der Waals surface area contributed by atoms with E-state index in [1.54, 1.807) is 0 Å². The zero-order valence-corrected chi connectivity index (χ0v) is 30.6. The third kappa shape index (κ3) is 5.40. The van der Waals surface area contributed by atoms with Gasteiger partial charge in [0, 0.05) is 26.5 Å². The van der Waals surface area contributed by atoms with Crippen LogP contribution in [0.3, 0.4) is 0 Å². The molecule has 0 saturated carbocycles. The summed E-state index contributed by atoms with van der Waals surface area (Å²) in [6.45, 7) is 0. The molecule has 0 unspecified atom stereocenters. The summed E-state index contributed by atoms with van der Waals surface area (Å²) in [4.78, 5) is 2.41. The second-order valence-electron chi connectivity index (χ2n) is 14.1. The van der Waals surface area contributed by atoms with Crippen molar-refractivity contribution >= 4 is 81.3 Å². The molecule has 9 aromatic carbocycles. The molecule has 11 aromatic rings. The van der Waals surface area contributed by atoms with Gasteiger partial charge in [-0.3, -0.25) is 0 Å². The lowest BCUT2D eigenvalue weighted by Crippen LogP contribution is -2.10. The summed E-state index contributed by atoms with van der Waals surface area (Å²) < 4.78 is 8.94. The van der Waals surface area contributed by atoms with Crippen LogP contribution in [0, 0.1) is 0 Å². The molecular weight excluding hydrogens is 687 g/mol. The van der Waals surface area contributed by atoms with Gasteiger partial charge in [0.05, 0.1) is 21.5 Å². The van der Waals surface area contributed by atoms with Crippen LogP contribution in [-0.4, -0.2) is 0 Å². The van der Waals surface area contributed by atoms with Crippen LogP contribution in [0.4, 0.5) is 17.1 Å². The van der Waals surface area contributed by atoms with Crippen LogP contribution >= 0.6 is 11.3 Å². The van der Waals surface area contributed by atoms with Crippen LogP contribution < -0.4 is 4.90 Å². The fraction of sp³-hybridized carbons (Fsp3) is 0. The second-order valence-corrected chi connectivity index (χ2v) is 15.2. The average Bonchev–Trinajstić information content (AvgIpc) is 3.84. The number of furan rings is 1. The first-order chi connectivity index (χ1) is 27.2. The Balaban J connectivity index is 0.979. The molecule has 55 heavy (non-hydrogen) atoms. The van der Waals surface area contributed by atoms with Crippen molar-refractivity contribution in [3.63, 3.8) is 0 Å². The minimum atomic E-state index is 0.881. The normalized spacial score (nSPS) is 11.6. The standard InChI is InChI=1S/C52H33NOS/c1-2-11-38-33-41(27-26-34(38)10-1)40-13-7-12-39(32-40)37-24-22-35(23-25-37)36-28-30-42(31-29-36)53(46-17-9-20-49-51(46)45-15-3-5-19-48(45)54-49)47-18-8-16-44-43-14-4-6-21-50(43)55-52(44)47/h1-33H. The predicted octanol–water partition coefficient (Wildman–Crippen LogP) is 15.6. The molecule has 2 nitrogen and oxygen atoms in total. The van der Waals surface area contributed by atoms with Crippen LogP contribution in [0.1, 0.15) is 0 Å². The molecule has 0 fully saturated rings. The number of anilines is 3. The molecule has 2 aromatic heterocycles. The van der Waals surface area contributed by atoms with Crippen molar-refractivity contribution in [2.75, 3.05) is 4.90 Å². The number of rotatable bonds is 6. The third-order valence-electron chi connectivity index (χ3n) is 10.9. The lowest BCUT2D eigenvalue weighted by Gasteiger charge is -2.27. The molecule has 0 N–H and O–H groups in total. The van der Waals surface area contributed by atoms with Crippen LogP contribution in [0.2, 0.25) is 0 Å². The Bertz CT molecular complexity index is 3210. The Morgan fingerprint density at radius 3 is 1.76 bits per heavy atom. The summed E-state index contributed by atoms with van der Waals surface area (Å²) in [6, 6.07) is 72.2. The first-order valence-corrected chi connectivity index (χ1v) is 19.5. The smallest absolute Gasteiger partial charge is 0.137 e. The number of benzene rings is 9. The van der Waals surface area contributed by atoms with E-state index < -0.39 is 0 Å². The van der Waals surface area contributed by atoms with Gasteiger partial charge in [0.25, 0.3) is 0 Å². The molecule has 0 atom stereocenters. The van der Waals surface area contributed by atoms with Crippen molar-refractivity contribution in [3.8, 4) is 33.4 Å². The molecule has 2 heterocycles. The monoisotopic (exact) mass is 719 g/mol. The number of nitrogens with zero attached hydrogens (tertiary/aromatic N) is 1. The first-order valence-electron chi connectivity index (χ1n) is 18.7. The predicted molar refractivity (Wildman–Crippen MR) is 235 cm³/mol. The summed E-state index contributed by atoms with van der Waals surface area (Å²) in [6.07, 6.45) is 0. The molecule has 0 aliphatic heterocycles. The molecule has 11 rings (SSSR count). The molecule has 0 amide bonds. The first kappa shape index (κ1) is 31.6. The highest BCUT2D eigenvalue weighted by molar-refractivity contribution is 7.26. The highest BCUT2D eigenvalue weighted by Crippen LogP contribution is 2.48. The van der Waals surface area contributed by atoms with Gasteiger partial charge < -0.3 is 9.32 Å². The molecule has 0 bridgehead atoms. The van der Waals surface area contributed by atoms with Gasteiger partial charge in [0.15, 0.2) is 0 Å². The summed E-state index contributed by atoms with van der Waals surface area (Å²) in [5.74, 6) is 0. The molecule has 0 aliphatic carbocycles. The Labute approximate surface area is 322 Å². The molecule has 0 radical (unpaired) electrons. The highest BCUT2D eigenvalue weighted by Gasteiger charge is 2.22. The third-order valence-corrected chi connectivity index (χ3v) is 12.1. The summed E-state index contributed by atoms with van der Waals surface area (Å²) in [5, 5.41) is 7.30. The molecule has 258 valence electrons. The Hall–Kier alpha value is -6.94. The average molecular weight is 720 g/mol. The Morgan fingerprint density at radius 2 is 0.927 bits per heavy atom. The minimum Gasteiger partial charge on any atom is -0.456 e. The van der Waals surface area contributed by atoms with E-state index in [9.17, 15) is 0 Å². The van der Waals surface area contributed by atoms with Gasteiger partial charge in [-0.2, -0.15) is 0 Å². The van der Waals surface area contributed by atoms with Crippen molar-refractivity contribution in [1.82, 2.24) is 0 Å². The number of para-hydroxylation sites is 1. The van der Waals surface area contributed by atoms with E-state index in [0.717, 1.165) is 39.0 Å². The van der Waals surface area contributed by atoms with Gasteiger partial charge in [0.2, 0.25) is 0 Å². The van der Waals surface area contributed by atoms with E-state index in [4.69, 9.17) is 4.42 Å². The highest BCUT2D eigenvalue weighted by atomic mass is 32.1. The Morgan fingerprint density at radius 1 is 0.364 bits per heavy atom. The van der Waals surface area contributed by atoms with E-state index in [1.807, 2.05) is 17.4 Å². The molecular formula is C52H33NOS. The van der Waals surface area contributed by atoms with E-state index in [1.165, 1.54) is 64.3 Å². The quantitative estimate of drug-likeness (QED) is 0.170. The van der Waals surface area contributed by atoms with Gasteiger partial charge >= 0.3 is 0 Å². The van der Waals surface area contributed by atoms with Crippen LogP contribution in [0.25, 0.3) is 86.3 Å². The minimum absolute atomic E-state index is 0.881. The van der Waals surface area contributed by atoms with Gasteiger partial charge in [-0.1, -0.05) is 146 Å². The largest absolute Gasteiger partial charge is 0.456 e. The molecule has 3 heteroatoms. The van der Waals surface area contributed by atoms with Crippen LogP contribution in [-0.2, 0) is 0 Å². The summed E-state index contributed by atoms with van der Waals surface area (Å²) in [7, 11) is 0. The number of hydrogen-bond acceptors (Lipinski definition) is 3. The lowest BCUT2D eigenvalue weighted by atomic mass is 9.96. The topological polar surface area (TPSA) is 16.4 Å². The number of thiophene rings is 1. The molecule has 0 spiro atoms. The van der Waals surface area contributed by atoms with E-state index in [-0.39, 0.29) is 0 Å². The zero-order valence-electron chi connectivity index (χ0n) is 29.8. The van der Waals surface area contributed by atoms with Gasteiger partial charge in [-0.15, -0.1) is 11.3 Å². The maximum absolute atomic E-state index is 6.39. The van der Waals surface area contributed by atoms with Gasteiger partial charge in [-0.05, 0) is 98.8 Å². The van der Waals surface area contributed by atoms with Crippen molar-refractivity contribution in [2.24, 2.45) is 0 Å². The van der Waals surface area contributed by atoms with Crippen LogP contribution in [0.15, 0.2) is 205 Å². The second kappa shape index (κ2) is 12.9. The van der Waals surface area contributed by atoms with E-state index >= 15 is 0 Å². The lowest BCUT2D eigenvalue weighted by molar-refractivity contribution is 0.669. The zero-order chi connectivity index (χ0) is 36.3. The fourth-order valence-electron chi connectivity index (χ4n) is 8.16. The number of hydrogen-bond donors (Lipinski definition) is 0. The summed E-state index contributed by atoms with van der Waals surface area (Å²) in [5.41, 5.74) is 12.3. The van der Waals surface area contributed by atoms with Crippen molar-refractivity contribution < 1.29 is 4.42 Å². The summed E-state index contributed by atoms with van der Waals surface area (Å²) >= 11 is 1.85. The fourth-order valence-corrected chi connectivity index (χ4v) is 9.37.